The molecule has 224 valence electrons. The smallest absolute Gasteiger partial charge is 0.238 e. The van der Waals surface area contributed by atoms with Crippen molar-refractivity contribution < 1.29 is 28.6 Å². The van der Waals surface area contributed by atoms with Crippen molar-refractivity contribution in [3.05, 3.63) is 125 Å². The number of benzene rings is 4. The number of nitrogens with zero attached hydrogens (tertiary/aromatic N) is 1. The third-order valence-corrected chi connectivity index (χ3v) is 9.39. The van der Waals surface area contributed by atoms with E-state index in [9.17, 15) is 9.59 Å². The largest absolute Gasteiger partial charge is 0.494 e. The number of carbonyl (C=O) groups excluding carboxylic acids is 3. The maximum atomic E-state index is 15.0. The van der Waals surface area contributed by atoms with Crippen LogP contribution in [0.3, 0.4) is 0 Å². The predicted octanol–water partition coefficient (Wildman–Crippen LogP) is 6.19. The first-order valence-electron chi connectivity index (χ1n) is 15.2. The summed E-state index contributed by atoms with van der Waals surface area (Å²) in [6.07, 6.45) is 4.67. The van der Waals surface area contributed by atoms with Gasteiger partial charge in [-0.05, 0) is 77.7 Å². The van der Waals surface area contributed by atoms with E-state index in [2.05, 4.69) is 5.32 Å². The number of amides is 1. The lowest BCUT2D eigenvalue weighted by Gasteiger charge is -2.38. The molecule has 4 atom stereocenters. The number of nitrogens with one attached hydrogen (secondary N) is 1. The van der Waals surface area contributed by atoms with Crippen molar-refractivity contribution >= 4 is 29.2 Å². The molecule has 1 fully saturated rings. The predicted molar refractivity (Wildman–Crippen MR) is 168 cm³/mol. The molecule has 0 bridgehead atoms. The molecule has 1 spiro atoms. The molecular formula is C37H30N2O6. The van der Waals surface area contributed by atoms with Gasteiger partial charge in [0.1, 0.15) is 17.2 Å². The standard InChI is InChI=1S/C37H30N2O6/c1-2-19-43-25-14-11-23(12-15-25)33(40)31-32(34(41)24-13-16-29-30(20-24)45-21-44-29)39-18-17-22-7-3-4-8-26(22)35(39)37(31)27-9-5-6-10-28(27)38-36(37)42/h3-18,20,31-32,35H,2,19,21H2,1H3,(H,38,42)/t31-,32+,35-,37+/m0/s1. The van der Waals surface area contributed by atoms with Crippen LogP contribution in [0, 0.1) is 5.92 Å². The van der Waals surface area contributed by atoms with Crippen LogP contribution in [0.5, 0.6) is 17.2 Å². The molecule has 4 aliphatic heterocycles. The molecular weight excluding hydrogens is 568 g/mol. The number of para-hydroxylation sites is 1. The summed E-state index contributed by atoms with van der Waals surface area (Å²) >= 11 is 0. The van der Waals surface area contributed by atoms with Crippen LogP contribution in [0.4, 0.5) is 5.69 Å². The summed E-state index contributed by atoms with van der Waals surface area (Å²) in [5, 5.41) is 3.09. The Kier molecular flexibility index (Phi) is 6.27. The molecule has 8 rings (SSSR count). The number of rotatable bonds is 7. The van der Waals surface area contributed by atoms with Crippen LogP contribution in [-0.4, -0.2) is 41.8 Å². The second-order valence-electron chi connectivity index (χ2n) is 11.8. The van der Waals surface area contributed by atoms with Crippen LogP contribution in [0.1, 0.15) is 56.8 Å². The van der Waals surface area contributed by atoms with Gasteiger partial charge in [0.05, 0.1) is 18.6 Å². The molecule has 8 nitrogen and oxygen atoms in total. The highest BCUT2D eigenvalue weighted by Crippen LogP contribution is 2.62. The Balaban J connectivity index is 1.35. The molecule has 1 amide bonds. The van der Waals surface area contributed by atoms with Crippen molar-refractivity contribution in [1.82, 2.24) is 4.90 Å². The van der Waals surface area contributed by atoms with E-state index in [1.807, 2.05) is 72.6 Å². The summed E-state index contributed by atoms with van der Waals surface area (Å²) in [5.74, 6) is -0.254. The average molecular weight is 599 g/mol. The monoisotopic (exact) mass is 598 g/mol. The quantitative estimate of drug-likeness (QED) is 0.254. The topological polar surface area (TPSA) is 94.2 Å². The number of ketones is 2. The van der Waals surface area contributed by atoms with Gasteiger partial charge in [0.2, 0.25) is 12.7 Å². The van der Waals surface area contributed by atoms with Crippen LogP contribution in [0.25, 0.3) is 6.08 Å². The van der Waals surface area contributed by atoms with Crippen molar-refractivity contribution in [2.75, 3.05) is 18.7 Å². The Morgan fingerprint density at radius 3 is 2.51 bits per heavy atom. The molecule has 0 saturated carbocycles. The Hall–Kier alpha value is -5.37. The molecule has 4 aromatic rings. The first-order chi connectivity index (χ1) is 22.0. The van der Waals surface area contributed by atoms with Crippen LogP contribution in [0.15, 0.2) is 97.2 Å². The zero-order valence-electron chi connectivity index (χ0n) is 24.6. The Morgan fingerprint density at radius 1 is 0.911 bits per heavy atom. The van der Waals surface area contributed by atoms with Crippen LogP contribution in [-0.2, 0) is 10.2 Å². The number of Topliss-reactive ketones (excluding diaryl/α,β-unsaturated/α-hetero) is 2. The van der Waals surface area contributed by atoms with E-state index in [1.165, 1.54) is 0 Å². The van der Waals surface area contributed by atoms with Crippen LogP contribution in [0.2, 0.25) is 0 Å². The van der Waals surface area contributed by atoms with E-state index < -0.39 is 23.4 Å². The molecule has 1 N–H and O–H groups in total. The molecule has 0 aliphatic carbocycles. The normalized spacial score (nSPS) is 23.4. The molecule has 4 heterocycles. The van der Waals surface area contributed by atoms with Gasteiger partial charge < -0.3 is 24.4 Å². The minimum Gasteiger partial charge on any atom is -0.494 e. The van der Waals surface area contributed by atoms with E-state index in [4.69, 9.17) is 14.2 Å². The minimum absolute atomic E-state index is 0.0727. The van der Waals surface area contributed by atoms with Gasteiger partial charge >= 0.3 is 0 Å². The summed E-state index contributed by atoms with van der Waals surface area (Å²) in [6.45, 7) is 2.66. The summed E-state index contributed by atoms with van der Waals surface area (Å²) in [6, 6.07) is 25.8. The van der Waals surface area contributed by atoms with E-state index in [0.717, 1.165) is 17.5 Å². The molecule has 45 heavy (non-hydrogen) atoms. The van der Waals surface area contributed by atoms with Gasteiger partial charge in [0.15, 0.2) is 23.1 Å². The zero-order valence-corrected chi connectivity index (χ0v) is 24.6. The van der Waals surface area contributed by atoms with Gasteiger partial charge in [-0.15, -0.1) is 0 Å². The lowest BCUT2D eigenvalue weighted by atomic mass is 9.62. The van der Waals surface area contributed by atoms with E-state index in [0.29, 0.717) is 46.2 Å². The van der Waals surface area contributed by atoms with Gasteiger partial charge in [-0.3, -0.25) is 14.4 Å². The van der Waals surface area contributed by atoms with Crippen molar-refractivity contribution in [2.24, 2.45) is 5.92 Å². The van der Waals surface area contributed by atoms with E-state index >= 15 is 4.79 Å². The Labute approximate surface area is 260 Å². The lowest BCUT2D eigenvalue weighted by Crippen LogP contribution is -2.49. The summed E-state index contributed by atoms with van der Waals surface area (Å²) in [7, 11) is 0. The SMILES string of the molecule is CCCOc1ccc(C(=O)[C@@H]2[C@H](C(=O)c3ccc4c(c3)OCO4)N3C=Cc4ccccc4[C@H]3[C@]23C(=O)Nc2ccccc23)cc1. The van der Waals surface area contributed by atoms with Crippen molar-refractivity contribution in [2.45, 2.75) is 30.8 Å². The average Bonchev–Trinajstić information content (AvgIpc) is 3.76. The van der Waals surface area contributed by atoms with Gasteiger partial charge in [-0.2, -0.15) is 0 Å². The summed E-state index contributed by atoms with van der Waals surface area (Å²) < 4.78 is 16.9. The Bertz CT molecular complexity index is 1900. The maximum absolute atomic E-state index is 15.0. The van der Waals surface area contributed by atoms with Gasteiger partial charge in [0, 0.05) is 23.0 Å². The third-order valence-electron chi connectivity index (χ3n) is 9.39. The van der Waals surface area contributed by atoms with Crippen molar-refractivity contribution in [3.63, 3.8) is 0 Å². The number of hydrogen-bond donors (Lipinski definition) is 1. The van der Waals surface area contributed by atoms with Crippen LogP contribution >= 0.6 is 0 Å². The number of fused-ring (bicyclic) bond motifs is 7. The second kappa shape index (κ2) is 10.4. The fraction of sp³-hybridized carbons (Fsp3) is 0.216. The highest BCUT2D eigenvalue weighted by molar-refractivity contribution is 6.16. The molecule has 4 aromatic carbocycles. The number of hydrogen-bond acceptors (Lipinski definition) is 7. The van der Waals surface area contributed by atoms with Gasteiger partial charge in [-0.1, -0.05) is 49.4 Å². The first kappa shape index (κ1) is 27.2. The summed E-state index contributed by atoms with van der Waals surface area (Å²) in [5.41, 5.74) is 2.55. The molecule has 4 aliphatic rings. The van der Waals surface area contributed by atoms with Crippen LogP contribution < -0.4 is 19.5 Å². The molecule has 0 aromatic heterocycles. The number of anilines is 1. The highest BCUT2D eigenvalue weighted by Gasteiger charge is 2.70. The first-order valence-corrected chi connectivity index (χ1v) is 15.2. The highest BCUT2D eigenvalue weighted by atomic mass is 16.7. The number of ether oxygens (including phenoxy) is 3. The van der Waals surface area contributed by atoms with Gasteiger partial charge in [-0.25, -0.2) is 0 Å². The van der Waals surface area contributed by atoms with Crippen molar-refractivity contribution in [3.8, 4) is 17.2 Å². The third kappa shape index (κ3) is 3.94. The molecule has 0 unspecified atom stereocenters. The minimum atomic E-state index is -1.40. The van der Waals surface area contributed by atoms with Crippen molar-refractivity contribution in [1.29, 1.82) is 0 Å². The maximum Gasteiger partial charge on any atom is 0.238 e. The molecule has 1 saturated heterocycles. The Morgan fingerprint density at radius 2 is 1.67 bits per heavy atom. The fourth-order valence-electron chi connectivity index (χ4n) is 7.50. The van der Waals surface area contributed by atoms with E-state index in [-0.39, 0.29) is 24.3 Å². The zero-order chi connectivity index (χ0) is 30.7. The van der Waals surface area contributed by atoms with Gasteiger partial charge in [0.25, 0.3) is 0 Å². The summed E-state index contributed by atoms with van der Waals surface area (Å²) in [4.78, 5) is 46.4. The van der Waals surface area contributed by atoms with E-state index in [1.54, 1.807) is 42.5 Å². The molecule has 0 radical (unpaired) electrons. The fourth-order valence-corrected chi connectivity index (χ4v) is 7.50. The molecule has 8 heteroatoms. The second-order valence-corrected chi connectivity index (χ2v) is 11.8. The lowest BCUT2D eigenvalue weighted by molar-refractivity contribution is -0.122. The number of carbonyl (C=O) groups is 3.